The Labute approximate surface area is 171 Å². The van der Waals surface area contributed by atoms with Gasteiger partial charge in [-0.15, -0.1) is 0 Å². The van der Waals surface area contributed by atoms with Gasteiger partial charge < -0.3 is 0 Å². The topological polar surface area (TPSA) is 47.1 Å². The van der Waals surface area contributed by atoms with Crippen LogP contribution in [0.4, 0.5) is 0 Å². The molecule has 0 saturated heterocycles. The third kappa shape index (κ3) is 2.85. The van der Waals surface area contributed by atoms with E-state index in [1.54, 1.807) is 13.4 Å². The Balaban J connectivity index is 1.56. The third-order valence-electron chi connectivity index (χ3n) is 5.71. The Hall–Kier alpha value is -2.23. The van der Waals surface area contributed by atoms with Gasteiger partial charge in [0.1, 0.15) is 0 Å². The molecule has 1 aromatic heterocycles. The second kappa shape index (κ2) is 6.68. The van der Waals surface area contributed by atoms with Gasteiger partial charge in [-0.05, 0) is 0 Å². The number of aromatic amines is 1. The van der Waals surface area contributed by atoms with E-state index in [2.05, 4.69) is 60.2 Å². The number of H-pyrrole nitrogens is 1. The van der Waals surface area contributed by atoms with Gasteiger partial charge >= 0.3 is 172 Å². The van der Waals surface area contributed by atoms with Gasteiger partial charge in [0.2, 0.25) is 0 Å². The van der Waals surface area contributed by atoms with E-state index < -0.39 is 0 Å². The van der Waals surface area contributed by atoms with E-state index in [9.17, 15) is 0 Å². The minimum absolute atomic E-state index is 0.0785. The van der Waals surface area contributed by atoms with E-state index >= 15 is 0 Å². The van der Waals surface area contributed by atoms with Crippen LogP contribution in [0.3, 0.4) is 0 Å². The molecule has 2 heterocycles. The first-order chi connectivity index (χ1) is 13.6. The number of imidazole rings is 1. The van der Waals surface area contributed by atoms with E-state index in [0.717, 1.165) is 36.5 Å². The van der Waals surface area contributed by atoms with Crippen LogP contribution in [0.5, 0.6) is 11.5 Å². The molecule has 0 radical (unpaired) electrons. The van der Waals surface area contributed by atoms with Crippen LogP contribution in [0.15, 0.2) is 42.7 Å². The Kier molecular flexibility index (Phi) is 4.26. The molecule has 5 rings (SSSR count). The number of hydrogen-bond acceptors (Lipinski definition) is 3. The Morgan fingerprint density at radius 2 is 2.04 bits per heavy atom. The molecule has 0 saturated carbocycles. The summed E-state index contributed by atoms with van der Waals surface area (Å²) in [5, 5.41) is 0. The summed E-state index contributed by atoms with van der Waals surface area (Å²) < 4.78 is 13.7. The van der Waals surface area contributed by atoms with Crippen molar-refractivity contribution in [1.82, 2.24) is 9.97 Å². The quantitative estimate of drug-likeness (QED) is 0.625. The molecule has 1 atom stereocenters. The fourth-order valence-electron chi connectivity index (χ4n) is 4.33. The van der Waals surface area contributed by atoms with Crippen molar-refractivity contribution in [3.63, 3.8) is 0 Å². The van der Waals surface area contributed by atoms with Gasteiger partial charge in [-0.3, -0.25) is 0 Å². The SMILES string of the molecule is COc1cc2c(cc1OC1CCCc3ccccc31)[Se]C(C)(C)c1[nH]cnc1-2. The molecule has 144 valence electrons. The summed E-state index contributed by atoms with van der Waals surface area (Å²) in [6.07, 6.45) is 5.21. The monoisotopic (exact) mass is 440 g/mol. The van der Waals surface area contributed by atoms with Crippen molar-refractivity contribution in [1.29, 1.82) is 0 Å². The fraction of sp³-hybridized carbons (Fsp3) is 0.348. The molecule has 5 heteroatoms. The maximum absolute atomic E-state index is 6.56. The van der Waals surface area contributed by atoms with Crippen LogP contribution in [-0.4, -0.2) is 32.0 Å². The molecule has 1 aliphatic heterocycles. The van der Waals surface area contributed by atoms with Gasteiger partial charge in [0.15, 0.2) is 0 Å². The van der Waals surface area contributed by atoms with Crippen molar-refractivity contribution in [2.24, 2.45) is 0 Å². The zero-order valence-electron chi connectivity index (χ0n) is 16.4. The number of fused-ring (bicyclic) bond motifs is 4. The summed E-state index contributed by atoms with van der Waals surface area (Å²) in [7, 11) is 1.72. The fourth-order valence-corrected chi connectivity index (χ4v) is 6.93. The molecule has 2 aromatic carbocycles. The van der Waals surface area contributed by atoms with Crippen LogP contribution in [0, 0.1) is 0 Å². The van der Waals surface area contributed by atoms with E-state index in [1.165, 1.54) is 26.8 Å². The van der Waals surface area contributed by atoms with Crippen LogP contribution in [0.1, 0.15) is 49.6 Å². The van der Waals surface area contributed by atoms with E-state index in [1.807, 2.05) is 0 Å². The summed E-state index contributed by atoms with van der Waals surface area (Å²) >= 11 is 0.275. The second-order valence-electron chi connectivity index (χ2n) is 7.94. The number of benzene rings is 2. The van der Waals surface area contributed by atoms with Crippen LogP contribution in [0.2, 0.25) is 0 Å². The molecule has 2 aliphatic rings. The predicted molar refractivity (Wildman–Crippen MR) is 112 cm³/mol. The molecular weight excluding hydrogens is 415 g/mol. The average Bonchev–Trinajstić information content (AvgIpc) is 3.19. The summed E-state index contributed by atoms with van der Waals surface area (Å²) in [4.78, 5) is 7.95. The molecule has 0 fully saturated rings. The molecule has 1 aliphatic carbocycles. The van der Waals surface area contributed by atoms with Gasteiger partial charge in [0, 0.05) is 0 Å². The van der Waals surface area contributed by atoms with E-state index in [0.29, 0.717) is 0 Å². The van der Waals surface area contributed by atoms with Crippen LogP contribution < -0.4 is 13.9 Å². The first-order valence-corrected chi connectivity index (χ1v) is 11.5. The Morgan fingerprint density at radius 3 is 2.89 bits per heavy atom. The maximum atomic E-state index is 6.56. The summed E-state index contributed by atoms with van der Waals surface area (Å²) in [6.45, 7) is 4.57. The van der Waals surface area contributed by atoms with Gasteiger partial charge in [-0.1, -0.05) is 0 Å². The van der Waals surface area contributed by atoms with Gasteiger partial charge in [0.25, 0.3) is 0 Å². The van der Waals surface area contributed by atoms with Crippen molar-refractivity contribution in [2.75, 3.05) is 7.11 Å². The Morgan fingerprint density at radius 1 is 1.18 bits per heavy atom. The molecule has 3 aromatic rings. The predicted octanol–water partition coefficient (Wildman–Crippen LogP) is 4.12. The third-order valence-corrected chi connectivity index (χ3v) is 8.38. The second-order valence-corrected chi connectivity index (χ2v) is 11.4. The zero-order chi connectivity index (χ0) is 19.3. The Bertz CT molecular complexity index is 1040. The number of ether oxygens (including phenoxy) is 2. The molecule has 1 N–H and O–H groups in total. The van der Waals surface area contributed by atoms with Gasteiger partial charge in [-0.25, -0.2) is 0 Å². The van der Waals surface area contributed by atoms with Gasteiger partial charge in [-0.2, -0.15) is 0 Å². The number of nitrogens with zero attached hydrogens (tertiary/aromatic N) is 1. The molecule has 28 heavy (non-hydrogen) atoms. The molecular formula is C23H24N2O2Se. The standard InChI is InChI=1S/C23H24N2O2Se/c1-23(2)22-21(24-13-25-22)16-11-18(26-3)19(12-20(16)28-23)27-17-10-6-8-14-7-4-5-9-15(14)17/h4-5,7,9,11-13,17H,6,8,10H2,1-3H3,(H,24,25). The van der Waals surface area contributed by atoms with E-state index in [4.69, 9.17) is 9.47 Å². The minimum atomic E-state index is 0.0785. The average molecular weight is 439 g/mol. The van der Waals surface area contributed by atoms with Crippen molar-refractivity contribution in [3.8, 4) is 22.8 Å². The van der Waals surface area contributed by atoms with Crippen molar-refractivity contribution >= 4 is 19.4 Å². The number of nitrogens with one attached hydrogen (secondary N) is 1. The zero-order valence-corrected chi connectivity index (χ0v) is 18.1. The van der Waals surface area contributed by atoms with Crippen LogP contribution in [-0.2, 0) is 10.7 Å². The summed E-state index contributed by atoms with van der Waals surface area (Å²) in [5.41, 5.74) is 6.15. The first kappa shape index (κ1) is 17.8. The number of methoxy groups -OCH3 is 1. The number of aromatic nitrogens is 2. The van der Waals surface area contributed by atoms with Crippen molar-refractivity contribution in [3.05, 3.63) is 59.5 Å². The number of rotatable bonds is 3. The number of aryl methyl sites for hydroxylation is 1. The summed E-state index contributed by atoms with van der Waals surface area (Å²) in [6, 6.07) is 13.0. The van der Waals surface area contributed by atoms with Crippen molar-refractivity contribution in [2.45, 2.75) is 43.5 Å². The van der Waals surface area contributed by atoms with Crippen LogP contribution in [0.25, 0.3) is 11.3 Å². The summed E-state index contributed by atoms with van der Waals surface area (Å²) in [5.74, 6) is 1.63. The molecule has 0 amide bonds. The first-order valence-electron chi connectivity index (χ1n) is 9.76. The van der Waals surface area contributed by atoms with Crippen molar-refractivity contribution < 1.29 is 9.47 Å². The normalized spacial score (nSPS) is 19.3. The molecule has 0 bridgehead atoms. The van der Waals surface area contributed by atoms with Gasteiger partial charge in [0.05, 0.1) is 0 Å². The molecule has 1 unspecified atom stereocenters. The molecule has 4 nitrogen and oxygen atoms in total. The number of hydrogen-bond donors (Lipinski definition) is 1. The van der Waals surface area contributed by atoms with E-state index in [-0.39, 0.29) is 25.4 Å². The molecule has 0 spiro atoms. The van der Waals surface area contributed by atoms with Crippen LogP contribution >= 0.6 is 0 Å².